The molecule has 21 heavy (non-hydrogen) atoms. The van der Waals surface area contributed by atoms with E-state index in [0.29, 0.717) is 18.2 Å². The molecule has 0 saturated heterocycles. The van der Waals surface area contributed by atoms with Gasteiger partial charge in [0.2, 0.25) is 0 Å². The van der Waals surface area contributed by atoms with Crippen LogP contribution in [0.4, 0.5) is 17.6 Å². The monoisotopic (exact) mass is 300 g/mol. The van der Waals surface area contributed by atoms with E-state index in [2.05, 4.69) is 15.4 Å². The molecule has 1 N–H and O–H groups in total. The molecule has 2 aromatic heterocycles. The van der Waals surface area contributed by atoms with Gasteiger partial charge in [0.25, 0.3) is 0 Å². The lowest BCUT2D eigenvalue weighted by molar-refractivity contribution is -0.141. The van der Waals surface area contributed by atoms with E-state index < -0.39 is 17.7 Å². The Morgan fingerprint density at radius 1 is 1.29 bits per heavy atom. The lowest BCUT2D eigenvalue weighted by Crippen LogP contribution is -2.17. The molecule has 0 spiro atoms. The highest BCUT2D eigenvalue weighted by Gasteiger charge is 2.34. The zero-order chi connectivity index (χ0) is 15.0. The van der Waals surface area contributed by atoms with Gasteiger partial charge in [-0.3, -0.25) is 0 Å². The molecule has 0 atom stereocenters. The van der Waals surface area contributed by atoms with E-state index >= 15 is 0 Å². The standard InChI is InChI=1S/C13H12F4N4/c14-11-8(7-19-9-1-2-9)3-5-18-12(11)21-6-4-10(20-21)13(15,16)17/h3-6,9,19H,1-2,7H2. The molecule has 0 bridgehead atoms. The first-order valence-electron chi connectivity index (χ1n) is 6.45. The number of hydrogen-bond donors (Lipinski definition) is 1. The van der Waals surface area contributed by atoms with Crippen LogP contribution in [-0.4, -0.2) is 20.8 Å². The number of nitrogens with one attached hydrogen (secondary N) is 1. The molecule has 1 saturated carbocycles. The summed E-state index contributed by atoms with van der Waals surface area (Å²) in [6.07, 6.45) is -0.0300. The van der Waals surface area contributed by atoms with Crippen molar-refractivity contribution >= 4 is 0 Å². The zero-order valence-corrected chi connectivity index (χ0v) is 10.9. The van der Waals surface area contributed by atoms with Gasteiger partial charge < -0.3 is 5.32 Å². The van der Waals surface area contributed by atoms with E-state index in [-0.39, 0.29) is 5.82 Å². The molecule has 1 aliphatic carbocycles. The van der Waals surface area contributed by atoms with Crippen molar-refractivity contribution in [3.63, 3.8) is 0 Å². The second-order valence-corrected chi connectivity index (χ2v) is 4.91. The molecule has 0 amide bonds. The number of aromatic nitrogens is 3. The summed E-state index contributed by atoms with van der Waals surface area (Å²) in [4.78, 5) is 3.78. The SMILES string of the molecule is Fc1c(CNC2CC2)ccnc1-n1ccc(C(F)(F)F)n1. The van der Waals surface area contributed by atoms with Crippen LogP contribution in [0.3, 0.4) is 0 Å². The Labute approximate surface area is 117 Å². The van der Waals surface area contributed by atoms with Crippen LogP contribution in [0.5, 0.6) is 0 Å². The van der Waals surface area contributed by atoms with Crippen LogP contribution in [0.25, 0.3) is 5.82 Å². The third-order valence-corrected chi connectivity index (χ3v) is 3.21. The van der Waals surface area contributed by atoms with Crippen molar-refractivity contribution in [1.82, 2.24) is 20.1 Å². The number of rotatable bonds is 4. The van der Waals surface area contributed by atoms with E-state index in [9.17, 15) is 17.6 Å². The Morgan fingerprint density at radius 3 is 2.67 bits per heavy atom. The first kappa shape index (κ1) is 14.0. The highest BCUT2D eigenvalue weighted by Crippen LogP contribution is 2.28. The molecule has 1 fully saturated rings. The molecule has 0 aromatic carbocycles. The topological polar surface area (TPSA) is 42.7 Å². The van der Waals surface area contributed by atoms with E-state index in [0.717, 1.165) is 29.8 Å². The smallest absolute Gasteiger partial charge is 0.310 e. The average Bonchev–Trinajstić information content (AvgIpc) is 3.10. The van der Waals surface area contributed by atoms with Crippen LogP contribution in [0, 0.1) is 5.82 Å². The number of alkyl halides is 3. The number of halogens is 4. The van der Waals surface area contributed by atoms with Crippen molar-refractivity contribution in [2.75, 3.05) is 0 Å². The van der Waals surface area contributed by atoms with Crippen LogP contribution in [0.2, 0.25) is 0 Å². The first-order valence-corrected chi connectivity index (χ1v) is 6.45. The third kappa shape index (κ3) is 3.05. The van der Waals surface area contributed by atoms with Gasteiger partial charge in [0.1, 0.15) is 0 Å². The van der Waals surface area contributed by atoms with Crippen LogP contribution in [0.15, 0.2) is 24.5 Å². The highest BCUT2D eigenvalue weighted by atomic mass is 19.4. The summed E-state index contributed by atoms with van der Waals surface area (Å²) in [6, 6.07) is 2.70. The summed E-state index contributed by atoms with van der Waals surface area (Å²) in [7, 11) is 0. The Kier molecular flexibility index (Phi) is 3.40. The third-order valence-electron chi connectivity index (χ3n) is 3.21. The lowest BCUT2D eigenvalue weighted by Gasteiger charge is -2.08. The van der Waals surface area contributed by atoms with Gasteiger partial charge >= 0.3 is 6.18 Å². The van der Waals surface area contributed by atoms with Crippen molar-refractivity contribution < 1.29 is 17.6 Å². The number of pyridine rings is 1. The molecular weight excluding hydrogens is 288 g/mol. The summed E-state index contributed by atoms with van der Waals surface area (Å²) in [5, 5.41) is 6.47. The van der Waals surface area contributed by atoms with Crippen molar-refractivity contribution in [2.24, 2.45) is 0 Å². The molecule has 1 aliphatic rings. The molecule has 4 nitrogen and oxygen atoms in total. The van der Waals surface area contributed by atoms with E-state index in [1.54, 1.807) is 0 Å². The second-order valence-electron chi connectivity index (χ2n) is 4.91. The van der Waals surface area contributed by atoms with Crippen LogP contribution in [0.1, 0.15) is 24.1 Å². The van der Waals surface area contributed by atoms with E-state index in [1.807, 2.05) is 0 Å². The van der Waals surface area contributed by atoms with Crippen LogP contribution in [-0.2, 0) is 12.7 Å². The van der Waals surface area contributed by atoms with E-state index in [4.69, 9.17) is 0 Å². The Balaban J connectivity index is 1.87. The zero-order valence-electron chi connectivity index (χ0n) is 10.9. The Hall–Kier alpha value is -1.96. The van der Waals surface area contributed by atoms with Crippen molar-refractivity contribution in [2.45, 2.75) is 31.6 Å². The predicted molar refractivity (Wildman–Crippen MR) is 66.2 cm³/mol. The quantitative estimate of drug-likeness (QED) is 0.883. The van der Waals surface area contributed by atoms with Gasteiger partial charge in [-0.05, 0) is 25.0 Å². The van der Waals surface area contributed by atoms with E-state index in [1.165, 1.54) is 12.3 Å². The predicted octanol–water partition coefficient (Wildman–Crippen LogP) is 2.68. The fraction of sp³-hybridized carbons (Fsp3) is 0.385. The number of nitrogens with zero attached hydrogens (tertiary/aromatic N) is 3. The maximum atomic E-state index is 14.3. The maximum Gasteiger partial charge on any atom is 0.435 e. The summed E-state index contributed by atoms with van der Waals surface area (Å²) in [6.45, 7) is 0.319. The van der Waals surface area contributed by atoms with Gasteiger partial charge in [-0.2, -0.15) is 18.3 Å². The normalized spacial score (nSPS) is 15.4. The molecule has 112 valence electrons. The summed E-state index contributed by atoms with van der Waals surface area (Å²) >= 11 is 0. The second kappa shape index (κ2) is 5.10. The largest absolute Gasteiger partial charge is 0.435 e. The van der Waals surface area contributed by atoms with Gasteiger partial charge in [0.15, 0.2) is 17.3 Å². The molecule has 0 radical (unpaired) electrons. The summed E-state index contributed by atoms with van der Waals surface area (Å²) in [5.74, 6) is -0.900. The van der Waals surface area contributed by atoms with Crippen LogP contribution >= 0.6 is 0 Å². The first-order chi connectivity index (χ1) is 9.95. The van der Waals surface area contributed by atoms with Crippen LogP contribution < -0.4 is 5.32 Å². The lowest BCUT2D eigenvalue weighted by atomic mass is 10.2. The minimum atomic E-state index is -4.56. The van der Waals surface area contributed by atoms with Crippen molar-refractivity contribution in [1.29, 1.82) is 0 Å². The molecule has 8 heteroatoms. The van der Waals surface area contributed by atoms with Crippen molar-refractivity contribution in [3.05, 3.63) is 41.6 Å². The average molecular weight is 300 g/mol. The summed E-state index contributed by atoms with van der Waals surface area (Å²) in [5.41, 5.74) is -0.721. The van der Waals surface area contributed by atoms with Gasteiger partial charge in [0.05, 0.1) is 0 Å². The van der Waals surface area contributed by atoms with Gasteiger partial charge in [0, 0.05) is 30.5 Å². The minimum Gasteiger partial charge on any atom is -0.310 e. The van der Waals surface area contributed by atoms with Gasteiger partial charge in [-0.1, -0.05) is 0 Å². The Morgan fingerprint density at radius 2 is 2.05 bits per heavy atom. The molecule has 0 aliphatic heterocycles. The van der Waals surface area contributed by atoms with Gasteiger partial charge in [-0.15, -0.1) is 0 Å². The molecule has 3 rings (SSSR count). The Bertz CT molecular complexity index is 646. The molecule has 0 unspecified atom stereocenters. The maximum absolute atomic E-state index is 14.3. The minimum absolute atomic E-state index is 0.236. The molecular formula is C13H12F4N4. The highest BCUT2D eigenvalue weighted by molar-refractivity contribution is 5.30. The summed E-state index contributed by atoms with van der Waals surface area (Å²) < 4.78 is 52.6. The molecule has 2 aromatic rings. The fourth-order valence-corrected chi connectivity index (χ4v) is 1.90. The number of hydrogen-bond acceptors (Lipinski definition) is 3. The molecule has 2 heterocycles. The fourth-order valence-electron chi connectivity index (χ4n) is 1.90. The van der Waals surface area contributed by atoms with Gasteiger partial charge in [-0.25, -0.2) is 14.1 Å². The van der Waals surface area contributed by atoms with Crippen molar-refractivity contribution in [3.8, 4) is 5.82 Å².